The fraction of sp³-hybridized carbons (Fsp3) is 0.0833. The van der Waals surface area contributed by atoms with E-state index in [-0.39, 0.29) is 11.8 Å². The van der Waals surface area contributed by atoms with Gasteiger partial charge in [-0.2, -0.15) is 0 Å². The predicted octanol–water partition coefficient (Wildman–Crippen LogP) is 5.40. The molecule has 0 radical (unpaired) electrons. The van der Waals surface area contributed by atoms with Crippen LogP contribution in [-0.2, 0) is 0 Å². The molecule has 0 aliphatic heterocycles. The van der Waals surface area contributed by atoms with E-state index in [2.05, 4.69) is 34.4 Å². The highest BCUT2D eigenvalue weighted by atomic mass is 32.1. The zero-order chi connectivity index (χ0) is 20.5. The fourth-order valence-corrected chi connectivity index (χ4v) is 4.57. The molecule has 0 bridgehead atoms. The number of nitrogens with zero attached hydrogens (tertiary/aromatic N) is 4. The molecule has 1 atom stereocenters. The van der Waals surface area contributed by atoms with Crippen molar-refractivity contribution in [1.29, 1.82) is 0 Å². The lowest BCUT2D eigenvalue weighted by Crippen LogP contribution is -2.10. The Hall–Kier alpha value is -3.64. The molecule has 0 fully saturated rings. The Bertz CT molecular complexity index is 1290. The van der Waals surface area contributed by atoms with E-state index in [9.17, 15) is 4.79 Å². The number of pyridine rings is 1. The zero-order valence-corrected chi connectivity index (χ0v) is 17.1. The highest BCUT2D eigenvalue weighted by Gasteiger charge is 2.25. The molecule has 0 aliphatic rings. The molecular formula is C24H18N4OS. The van der Waals surface area contributed by atoms with E-state index in [0.29, 0.717) is 11.3 Å². The molecule has 0 aliphatic carbocycles. The van der Waals surface area contributed by atoms with E-state index < -0.39 is 0 Å². The SMILES string of the molecule is CC(c1cc2cccnc2s1)n1nnc(C(=O)c2ccccc2)c1-c1ccccc1. The van der Waals surface area contributed by atoms with Crippen molar-refractivity contribution in [1.82, 2.24) is 20.0 Å². The van der Waals surface area contributed by atoms with Gasteiger partial charge in [0, 0.05) is 27.6 Å². The van der Waals surface area contributed by atoms with Crippen LogP contribution in [0.5, 0.6) is 0 Å². The molecule has 5 rings (SSSR count). The van der Waals surface area contributed by atoms with Gasteiger partial charge in [-0.15, -0.1) is 16.4 Å². The molecule has 0 amide bonds. The third-order valence-electron chi connectivity index (χ3n) is 5.08. The monoisotopic (exact) mass is 410 g/mol. The molecule has 6 heteroatoms. The Morgan fingerprint density at radius 2 is 1.70 bits per heavy atom. The zero-order valence-electron chi connectivity index (χ0n) is 16.3. The Morgan fingerprint density at radius 3 is 2.43 bits per heavy atom. The highest BCUT2D eigenvalue weighted by Crippen LogP contribution is 2.34. The average molecular weight is 411 g/mol. The molecule has 5 aromatic rings. The van der Waals surface area contributed by atoms with E-state index >= 15 is 0 Å². The van der Waals surface area contributed by atoms with Gasteiger partial charge < -0.3 is 0 Å². The van der Waals surface area contributed by atoms with Crippen LogP contribution in [0.4, 0.5) is 0 Å². The van der Waals surface area contributed by atoms with Crippen LogP contribution in [0.1, 0.15) is 33.9 Å². The lowest BCUT2D eigenvalue weighted by molar-refractivity contribution is 0.103. The van der Waals surface area contributed by atoms with E-state index in [1.54, 1.807) is 29.7 Å². The van der Waals surface area contributed by atoms with Crippen LogP contribution in [0.25, 0.3) is 21.5 Å². The topological polar surface area (TPSA) is 60.7 Å². The Labute approximate surface area is 177 Å². The summed E-state index contributed by atoms with van der Waals surface area (Å²) >= 11 is 1.63. The quantitative estimate of drug-likeness (QED) is 0.364. The van der Waals surface area contributed by atoms with Gasteiger partial charge in [0.15, 0.2) is 5.69 Å². The first-order valence-corrected chi connectivity index (χ1v) is 10.5. The number of hydrogen-bond acceptors (Lipinski definition) is 5. The van der Waals surface area contributed by atoms with Crippen molar-refractivity contribution in [3.8, 4) is 11.3 Å². The van der Waals surface area contributed by atoms with Crippen molar-refractivity contribution in [2.75, 3.05) is 0 Å². The van der Waals surface area contributed by atoms with E-state index in [1.807, 2.05) is 59.3 Å². The second-order valence-corrected chi connectivity index (χ2v) is 8.08. The second-order valence-electron chi connectivity index (χ2n) is 7.01. The summed E-state index contributed by atoms with van der Waals surface area (Å²) in [5, 5.41) is 9.84. The predicted molar refractivity (Wildman–Crippen MR) is 119 cm³/mol. The average Bonchev–Trinajstić information content (AvgIpc) is 3.44. The van der Waals surface area contributed by atoms with Crippen LogP contribution in [0.2, 0.25) is 0 Å². The minimum atomic E-state index is -0.133. The Kier molecular flexibility index (Phi) is 4.69. The van der Waals surface area contributed by atoms with Crippen molar-refractivity contribution < 1.29 is 4.79 Å². The summed E-state index contributed by atoms with van der Waals surface area (Å²) in [5.41, 5.74) is 2.59. The van der Waals surface area contributed by atoms with Crippen LogP contribution in [0.3, 0.4) is 0 Å². The highest BCUT2D eigenvalue weighted by molar-refractivity contribution is 7.18. The smallest absolute Gasteiger partial charge is 0.215 e. The molecule has 0 saturated carbocycles. The van der Waals surface area contributed by atoms with Crippen molar-refractivity contribution >= 4 is 27.3 Å². The number of thiophene rings is 1. The first-order chi connectivity index (χ1) is 14.7. The molecule has 3 aromatic heterocycles. The summed E-state index contributed by atoms with van der Waals surface area (Å²) < 4.78 is 1.84. The van der Waals surface area contributed by atoms with Crippen LogP contribution < -0.4 is 0 Å². The molecule has 146 valence electrons. The number of rotatable bonds is 5. The standard InChI is InChI=1S/C24H18N4OS/c1-16(20-15-19-13-8-14-25-24(19)30-20)28-22(17-9-4-2-5-10-17)21(26-27-28)23(29)18-11-6-3-7-12-18/h2-16H,1H3. The summed E-state index contributed by atoms with van der Waals surface area (Å²) in [7, 11) is 0. The Balaban J connectivity index is 1.65. The van der Waals surface area contributed by atoms with Crippen LogP contribution >= 0.6 is 11.3 Å². The number of ketones is 1. The van der Waals surface area contributed by atoms with Crippen molar-refractivity contribution in [2.45, 2.75) is 13.0 Å². The van der Waals surface area contributed by atoms with Gasteiger partial charge in [-0.05, 0) is 19.1 Å². The van der Waals surface area contributed by atoms with Crippen LogP contribution in [0.15, 0.2) is 85.1 Å². The van der Waals surface area contributed by atoms with E-state index in [0.717, 1.165) is 26.4 Å². The molecule has 2 aromatic carbocycles. The molecule has 0 spiro atoms. The molecule has 3 heterocycles. The van der Waals surface area contributed by atoms with Crippen LogP contribution in [0, 0.1) is 0 Å². The molecular weight excluding hydrogens is 392 g/mol. The number of hydrogen-bond donors (Lipinski definition) is 0. The van der Waals surface area contributed by atoms with Gasteiger partial charge in [-0.1, -0.05) is 71.9 Å². The van der Waals surface area contributed by atoms with Crippen LogP contribution in [-0.4, -0.2) is 25.8 Å². The van der Waals surface area contributed by atoms with E-state index in [1.165, 1.54) is 0 Å². The molecule has 5 nitrogen and oxygen atoms in total. The third-order valence-corrected chi connectivity index (χ3v) is 6.31. The van der Waals surface area contributed by atoms with Gasteiger partial charge in [0.2, 0.25) is 5.78 Å². The summed E-state index contributed by atoms with van der Waals surface area (Å²) in [5.74, 6) is -0.133. The first kappa shape index (κ1) is 18.4. The summed E-state index contributed by atoms with van der Waals surface area (Å²) in [4.78, 5) is 19.8. The lowest BCUT2D eigenvalue weighted by Gasteiger charge is -2.14. The number of benzene rings is 2. The summed E-state index contributed by atoms with van der Waals surface area (Å²) in [6.45, 7) is 2.07. The lowest BCUT2D eigenvalue weighted by atomic mass is 10.0. The van der Waals surface area contributed by atoms with Gasteiger partial charge in [0.25, 0.3) is 0 Å². The largest absolute Gasteiger partial charge is 0.287 e. The normalized spacial score (nSPS) is 12.2. The fourth-order valence-electron chi connectivity index (χ4n) is 3.53. The number of aromatic nitrogens is 4. The third kappa shape index (κ3) is 3.21. The molecule has 1 unspecified atom stereocenters. The summed E-state index contributed by atoms with van der Waals surface area (Å²) in [6, 6.07) is 25.1. The van der Waals surface area contributed by atoms with Gasteiger partial charge >= 0.3 is 0 Å². The summed E-state index contributed by atoms with van der Waals surface area (Å²) in [6.07, 6.45) is 1.80. The minimum Gasteiger partial charge on any atom is -0.287 e. The maximum absolute atomic E-state index is 13.2. The minimum absolute atomic E-state index is 0.0933. The maximum atomic E-state index is 13.2. The Morgan fingerprint density at radius 1 is 0.967 bits per heavy atom. The number of carbonyl (C=O) groups excluding carboxylic acids is 1. The van der Waals surface area contributed by atoms with E-state index in [4.69, 9.17) is 0 Å². The molecule has 0 N–H and O–H groups in total. The van der Waals surface area contributed by atoms with Gasteiger partial charge in [0.1, 0.15) is 10.5 Å². The van der Waals surface area contributed by atoms with Gasteiger partial charge in [-0.25, -0.2) is 9.67 Å². The second kappa shape index (κ2) is 7.65. The maximum Gasteiger partial charge on any atom is 0.215 e. The number of carbonyl (C=O) groups is 1. The van der Waals surface area contributed by atoms with Crippen molar-refractivity contribution in [2.24, 2.45) is 0 Å². The van der Waals surface area contributed by atoms with Crippen molar-refractivity contribution in [3.63, 3.8) is 0 Å². The molecule has 0 saturated heterocycles. The molecule has 30 heavy (non-hydrogen) atoms. The van der Waals surface area contributed by atoms with Gasteiger partial charge in [-0.3, -0.25) is 4.79 Å². The van der Waals surface area contributed by atoms with Crippen molar-refractivity contribution in [3.05, 3.63) is 101 Å². The number of fused-ring (bicyclic) bond motifs is 1. The van der Waals surface area contributed by atoms with Gasteiger partial charge in [0.05, 0.1) is 6.04 Å². The first-order valence-electron chi connectivity index (χ1n) is 9.67.